The van der Waals surface area contributed by atoms with Crippen molar-refractivity contribution in [2.75, 3.05) is 38.2 Å². The van der Waals surface area contributed by atoms with Gasteiger partial charge in [-0.15, -0.1) is 0 Å². The molecule has 0 radical (unpaired) electrons. The van der Waals surface area contributed by atoms with E-state index in [1.165, 1.54) is 6.33 Å². The Morgan fingerprint density at radius 2 is 2.09 bits per heavy atom. The highest BCUT2D eigenvalue weighted by molar-refractivity contribution is 5.93. The van der Waals surface area contributed by atoms with Crippen molar-refractivity contribution in [3.63, 3.8) is 0 Å². The summed E-state index contributed by atoms with van der Waals surface area (Å²) >= 11 is 0. The number of nitrogens with zero attached hydrogens (tertiary/aromatic N) is 6. The SMILES string of the molecule is CCCN1CCN(c2ncc3[nH]c(-c4cc(OC)c5ncnn5c4)c(C(C)C)c3c2F)[C@H](C)C1. The second-order valence-corrected chi connectivity index (χ2v) is 9.42. The minimum atomic E-state index is -0.256. The molecule has 1 atom stereocenters. The molecule has 9 heteroatoms. The van der Waals surface area contributed by atoms with Gasteiger partial charge in [-0.1, -0.05) is 20.8 Å². The zero-order valence-corrected chi connectivity index (χ0v) is 20.5. The first-order chi connectivity index (χ1) is 16.4. The third-order valence-electron chi connectivity index (χ3n) is 6.75. The van der Waals surface area contributed by atoms with E-state index in [9.17, 15) is 0 Å². The number of ether oxygens (including phenoxy) is 1. The fraction of sp³-hybridized carbons (Fsp3) is 0.480. The molecule has 34 heavy (non-hydrogen) atoms. The number of hydrogen-bond donors (Lipinski definition) is 1. The first kappa shape index (κ1) is 22.6. The lowest BCUT2D eigenvalue weighted by Crippen LogP contribution is -2.52. The van der Waals surface area contributed by atoms with Crippen LogP contribution in [0.25, 0.3) is 27.8 Å². The molecule has 0 amide bonds. The lowest BCUT2D eigenvalue weighted by molar-refractivity contribution is 0.228. The van der Waals surface area contributed by atoms with E-state index in [1.54, 1.807) is 17.8 Å². The Labute approximate surface area is 198 Å². The fourth-order valence-corrected chi connectivity index (χ4v) is 5.22. The molecule has 0 spiro atoms. The van der Waals surface area contributed by atoms with Gasteiger partial charge in [-0.05, 0) is 37.4 Å². The van der Waals surface area contributed by atoms with Gasteiger partial charge in [-0.25, -0.2) is 18.9 Å². The number of halogens is 1. The lowest BCUT2D eigenvalue weighted by Gasteiger charge is -2.40. The molecule has 180 valence electrons. The van der Waals surface area contributed by atoms with Crippen LogP contribution in [0.1, 0.15) is 45.6 Å². The molecule has 4 aromatic heterocycles. The molecule has 1 aliphatic rings. The Bertz CT molecular complexity index is 1330. The highest BCUT2D eigenvalue weighted by Gasteiger charge is 2.29. The molecule has 0 bridgehead atoms. The molecule has 1 aliphatic heterocycles. The Hall–Kier alpha value is -3.20. The average molecular weight is 466 g/mol. The topological polar surface area (TPSA) is 74.6 Å². The molecule has 1 N–H and O–H groups in total. The van der Waals surface area contributed by atoms with Gasteiger partial charge >= 0.3 is 0 Å². The monoisotopic (exact) mass is 465 g/mol. The van der Waals surface area contributed by atoms with Crippen molar-refractivity contribution in [1.29, 1.82) is 0 Å². The van der Waals surface area contributed by atoms with Gasteiger partial charge in [0, 0.05) is 42.8 Å². The number of rotatable bonds is 6. The summed E-state index contributed by atoms with van der Waals surface area (Å²) in [5.74, 6) is 0.882. The van der Waals surface area contributed by atoms with Crippen molar-refractivity contribution in [1.82, 2.24) is 29.5 Å². The van der Waals surface area contributed by atoms with Gasteiger partial charge in [-0.2, -0.15) is 5.10 Å². The first-order valence-electron chi connectivity index (χ1n) is 12.0. The van der Waals surface area contributed by atoms with E-state index in [1.807, 2.05) is 12.3 Å². The smallest absolute Gasteiger partial charge is 0.197 e. The van der Waals surface area contributed by atoms with Crippen LogP contribution in [0.15, 0.2) is 24.8 Å². The summed E-state index contributed by atoms with van der Waals surface area (Å²) in [7, 11) is 1.61. The first-order valence-corrected chi connectivity index (χ1v) is 12.0. The summed E-state index contributed by atoms with van der Waals surface area (Å²) in [5.41, 5.74) is 3.96. The molecule has 8 nitrogen and oxygen atoms in total. The number of aromatic nitrogens is 5. The molecule has 5 heterocycles. The van der Waals surface area contributed by atoms with Crippen molar-refractivity contribution < 1.29 is 9.13 Å². The third kappa shape index (κ3) is 3.68. The summed E-state index contributed by atoms with van der Waals surface area (Å²) in [6.07, 6.45) is 6.27. The third-order valence-corrected chi connectivity index (χ3v) is 6.75. The summed E-state index contributed by atoms with van der Waals surface area (Å²) < 4.78 is 23.4. The van der Waals surface area contributed by atoms with Crippen LogP contribution in [-0.2, 0) is 0 Å². The minimum Gasteiger partial charge on any atom is -0.493 e. The van der Waals surface area contributed by atoms with E-state index < -0.39 is 0 Å². The van der Waals surface area contributed by atoms with Crippen molar-refractivity contribution >= 4 is 22.4 Å². The number of methoxy groups -OCH3 is 1. The van der Waals surface area contributed by atoms with Crippen LogP contribution < -0.4 is 9.64 Å². The van der Waals surface area contributed by atoms with Gasteiger partial charge in [0.05, 0.1) is 24.5 Å². The summed E-state index contributed by atoms with van der Waals surface area (Å²) in [4.78, 5) is 16.8. The van der Waals surface area contributed by atoms with Crippen molar-refractivity contribution in [3.8, 4) is 17.0 Å². The van der Waals surface area contributed by atoms with Crippen LogP contribution in [0.4, 0.5) is 10.2 Å². The normalized spacial score (nSPS) is 17.4. The summed E-state index contributed by atoms with van der Waals surface area (Å²) in [6, 6.07) is 2.11. The second kappa shape index (κ2) is 8.87. The molecule has 0 unspecified atom stereocenters. The quantitative estimate of drug-likeness (QED) is 0.453. The maximum Gasteiger partial charge on any atom is 0.197 e. The predicted octanol–water partition coefficient (Wildman–Crippen LogP) is 4.46. The number of pyridine rings is 2. The van der Waals surface area contributed by atoms with Crippen LogP contribution in [0.2, 0.25) is 0 Å². The molecule has 0 aliphatic carbocycles. The van der Waals surface area contributed by atoms with E-state index >= 15 is 4.39 Å². The van der Waals surface area contributed by atoms with E-state index in [2.05, 4.69) is 57.5 Å². The number of H-pyrrole nitrogens is 1. The Kier molecular flexibility index (Phi) is 5.89. The van der Waals surface area contributed by atoms with Crippen LogP contribution >= 0.6 is 0 Å². The van der Waals surface area contributed by atoms with E-state index in [-0.39, 0.29) is 17.8 Å². The van der Waals surface area contributed by atoms with Crippen LogP contribution in [0, 0.1) is 5.82 Å². The summed E-state index contributed by atoms with van der Waals surface area (Å²) in [5, 5.41) is 4.88. The fourth-order valence-electron chi connectivity index (χ4n) is 5.22. The van der Waals surface area contributed by atoms with Crippen LogP contribution in [0.3, 0.4) is 0 Å². The standard InChI is InChI=1S/C25H32FN7O/c1-6-7-31-8-9-32(16(4)12-31)25-22(26)21-18(11-27-25)30-23(20(21)15(2)3)17-10-19(34-5)24-28-14-29-33(24)13-17/h10-11,13-16,30H,6-9,12H2,1-5H3/t16-/m1/s1. The van der Waals surface area contributed by atoms with Gasteiger partial charge < -0.3 is 14.6 Å². The number of hydrogen-bond acceptors (Lipinski definition) is 6. The largest absolute Gasteiger partial charge is 0.493 e. The zero-order valence-electron chi connectivity index (χ0n) is 20.5. The average Bonchev–Trinajstić information content (AvgIpc) is 3.44. The highest BCUT2D eigenvalue weighted by Crippen LogP contribution is 2.40. The lowest BCUT2D eigenvalue weighted by atomic mass is 9.96. The van der Waals surface area contributed by atoms with Crippen molar-refractivity contribution in [2.24, 2.45) is 0 Å². The van der Waals surface area contributed by atoms with Gasteiger partial charge in [0.2, 0.25) is 0 Å². The van der Waals surface area contributed by atoms with E-state index in [0.29, 0.717) is 28.1 Å². The van der Waals surface area contributed by atoms with Gasteiger partial charge in [-0.3, -0.25) is 4.90 Å². The predicted molar refractivity (Wildman–Crippen MR) is 132 cm³/mol. The van der Waals surface area contributed by atoms with Gasteiger partial charge in [0.25, 0.3) is 0 Å². The Balaban J connectivity index is 1.63. The maximum atomic E-state index is 16.2. The molecule has 1 fully saturated rings. The molecular formula is C25H32FN7O. The molecule has 0 saturated carbocycles. The number of piperazine rings is 1. The van der Waals surface area contributed by atoms with Crippen LogP contribution in [0.5, 0.6) is 5.75 Å². The van der Waals surface area contributed by atoms with Gasteiger partial charge in [0.15, 0.2) is 23.0 Å². The van der Waals surface area contributed by atoms with Crippen molar-refractivity contribution in [3.05, 3.63) is 36.2 Å². The molecular weight excluding hydrogens is 433 g/mol. The Morgan fingerprint density at radius 3 is 2.79 bits per heavy atom. The van der Waals surface area contributed by atoms with Crippen molar-refractivity contribution in [2.45, 2.75) is 46.1 Å². The number of nitrogens with one attached hydrogen (secondary N) is 1. The molecule has 5 rings (SSSR count). The molecule has 0 aromatic carbocycles. The molecule has 4 aromatic rings. The van der Waals surface area contributed by atoms with E-state index in [0.717, 1.165) is 49.4 Å². The van der Waals surface area contributed by atoms with Gasteiger partial charge in [0.1, 0.15) is 6.33 Å². The second-order valence-electron chi connectivity index (χ2n) is 9.42. The minimum absolute atomic E-state index is 0.0877. The maximum absolute atomic E-state index is 16.2. The molecule has 1 saturated heterocycles. The zero-order chi connectivity index (χ0) is 24.0. The van der Waals surface area contributed by atoms with E-state index in [4.69, 9.17) is 4.74 Å². The highest BCUT2D eigenvalue weighted by atomic mass is 19.1. The number of aromatic amines is 1. The van der Waals surface area contributed by atoms with Crippen LogP contribution in [-0.4, -0.2) is 68.8 Å². The summed E-state index contributed by atoms with van der Waals surface area (Å²) in [6.45, 7) is 12.2. The number of anilines is 1. The number of fused-ring (bicyclic) bond motifs is 2. The Morgan fingerprint density at radius 1 is 1.26 bits per heavy atom.